The molecule has 104 valence electrons. The Bertz CT molecular complexity index is 805. The van der Waals surface area contributed by atoms with E-state index in [-0.39, 0.29) is 0 Å². The highest BCUT2D eigenvalue weighted by molar-refractivity contribution is 6.19. The molecule has 0 amide bonds. The van der Waals surface area contributed by atoms with Crippen molar-refractivity contribution in [2.24, 2.45) is 20.0 Å². The van der Waals surface area contributed by atoms with Crippen LogP contribution in [0, 0.1) is 0 Å². The largest absolute Gasteiger partial charge is 0.252 e. The summed E-state index contributed by atoms with van der Waals surface area (Å²) in [4.78, 5) is 18.9. The van der Waals surface area contributed by atoms with Gasteiger partial charge in [0.15, 0.2) is 0 Å². The fourth-order valence-electron chi connectivity index (χ4n) is 3.69. The van der Waals surface area contributed by atoms with E-state index in [2.05, 4.69) is 24.3 Å². The Balaban J connectivity index is 1.99. The Labute approximate surface area is 127 Å². The van der Waals surface area contributed by atoms with Gasteiger partial charge in [-0.2, -0.15) is 0 Å². The normalized spacial score (nSPS) is 20.7. The highest BCUT2D eigenvalue weighted by Gasteiger charge is 2.60. The standard InChI is InChI=1S/C18H12N4/c1-3-7-15-13(5-1)14-6-2-4-8-16(14)18(21-11-12-22-18)17(15)19-9-10-20-17/h1-12H. The Morgan fingerprint density at radius 1 is 0.500 bits per heavy atom. The molecule has 2 aliphatic heterocycles. The lowest BCUT2D eigenvalue weighted by molar-refractivity contribution is 0.255. The van der Waals surface area contributed by atoms with Crippen LogP contribution in [0.3, 0.4) is 0 Å². The van der Waals surface area contributed by atoms with Gasteiger partial charge in [0.1, 0.15) is 0 Å². The van der Waals surface area contributed by atoms with Crippen molar-refractivity contribution >= 4 is 24.9 Å². The Morgan fingerprint density at radius 3 is 1.27 bits per heavy atom. The summed E-state index contributed by atoms with van der Waals surface area (Å²) in [5.41, 5.74) is 2.74. The van der Waals surface area contributed by atoms with Crippen molar-refractivity contribution in [3.63, 3.8) is 0 Å². The van der Waals surface area contributed by atoms with Crippen molar-refractivity contribution < 1.29 is 0 Å². The number of fused-ring (bicyclic) bond motifs is 6. The lowest BCUT2D eigenvalue weighted by Crippen LogP contribution is -2.45. The summed E-state index contributed by atoms with van der Waals surface area (Å²) in [6, 6.07) is 16.5. The molecule has 22 heavy (non-hydrogen) atoms. The highest BCUT2D eigenvalue weighted by Crippen LogP contribution is 2.58. The van der Waals surface area contributed by atoms with E-state index in [0.29, 0.717) is 0 Å². The summed E-state index contributed by atoms with van der Waals surface area (Å²) in [7, 11) is 0. The molecule has 4 heteroatoms. The van der Waals surface area contributed by atoms with E-state index in [9.17, 15) is 0 Å². The molecule has 5 rings (SSSR count). The van der Waals surface area contributed by atoms with Crippen LogP contribution in [0.25, 0.3) is 11.1 Å². The van der Waals surface area contributed by atoms with Gasteiger partial charge in [0, 0.05) is 36.0 Å². The zero-order chi connectivity index (χ0) is 14.6. The molecule has 0 saturated carbocycles. The Kier molecular flexibility index (Phi) is 2.06. The zero-order valence-corrected chi connectivity index (χ0v) is 11.7. The average molecular weight is 284 g/mol. The first kappa shape index (κ1) is 11.7. The summed E-state index contributed by atoms with van der Waals surface area (Å²) in [6.45, 7) is 0. The fourth-order valence-corrected chi connectivity index (χ4v) is 3.69. The number of rotatable bonds is 0. The molecular formula is C18H12N4. The smallest absolute Gasteiger partial charge is 0.225 e. The van der Waals surface area contributed by atoms with Gasteiger partial charge in [0.05, 0.1) is 0 Å². The summed E-state index contributed by atoms with van der Waals surface area (Å²) in [6.07, 6.45) is 6.98. The van der Waals surface area contributed by atoms with E-state index in [1.807, 2.05) is 24.3 Å². The monoisotopic (exact) mass is 284 g/mol. The molecule has 0 atom stereocenters. The van der Waals surface area contributed by atoms with E-state index in [4.69, 9.17) is 20.0 Å². The van der Waals surface area contributed by atoms with Gasteiger partial charge in [-0.3, -0.25) is 20.0 Å². The van der Waals surface area contributed by atoms with Crippen LogP contribution in [0.1, 0.15) is 11.1 Å². The molecular weight excluding hydrogens is 272 g/mol. The van der Waals surface area contributed by atoms with Crippen molar-refractivity contribution in [3.05, 3.63) is 59.7 Å². The summed E-state index contributed by atoms with van der Waals surface area (Å²) in [5.74, 6) is 0. The van der Waals surface area contributed by atoms with Gasteiger partial charge in [-0.05, 0) is 11.1 Å². The van der Waals surface area contributed by atoms with E-state index in [0.717, 1.165) is 22.3 Å². The third-order valence-corrected chi connectivity index (χ3v) is 4.56. The second-order valence-electron chi connectivity index (χ2n) is 5.55. The quantitative estimate of drug-likeness (QED) is 0.714. The van der Waals surface area contributed by atoms with Crippen molar-refractivity contribution in [1.82, 2.24) is 0 Å². The Morgan fingerprint density at radius 2 is 0.864 bits per heavy atom. The molecule has 2 heterocycles. The van der Waals surface area contributed by atoms with Crippen LogP contribution < -0.4 is 0 Å². The van der Waals surface area contributed by atoms with Crippen molar-refractivity contribution in [2.75, 3.05) is 0 Å². The molecule has 4 nitrogen and oxygen atoms in total. The second-order valence-corrected chi connectivity index (χ2v) is 5.55. The summed E-state index contributed by atoms with van der Waals surface area (Å²) < 4.78 is 0. The molecule has 2 aromatic carbocycles. The lowest BCUT2D eigenvalue weighted by Gasteiger charge is -2.43. The molecule has 0 radical (unpaired) electrons. The van der Waals surface area contributed by atoms with Gasteiger partial charge in [-0.15, -0.1) is 0 Å². The predicted molar refractivity (Wildman–Crippen MR) is 89.2 cm³/mol. The molecule has 0 bridgehead atoms. The third kappa shape index (κ3) is 1.15. The zero-order valence-electron chi connectivity index (χ0n) is 11.7. The fraction of sp³-hybridized carbons (Fsp3) is 0.111. The van der Waals surface area contributed by atoms with Crippen LogP contribution in [-0.2, 0) is 11.3 Å². The second kappa shape index (κ2) is 3.85. The average Bonchev–Trinajstić information content (AvgIpc) is 3.25. The van der Waals surface area contributed by atoms with Crippen molar-refractivity contribution in [3.8, 4) is 11.1 Å². The highest BCUT2D eigenvalue weighted by atomic mass is 15.3. The Hall–Kier alpha value is -2.88. The molecule has 0 fully saturated rings. The first-order valence-electron chi connectivity index (χ1n) is 7.25. The van der Waals surface area contributed by atoms with Crippen LogP contribution in [0.15, 0.2) is 68.5 Å². The molecule has 1 aliphatic carbocycles. The predicted octanol–water partition coefficient (Wildman–Crippen LogP) is 2.98. The van der Waals surface area contributed by atoms with Gasteiger partial charge in [0.2, 0.25) is 11.3 Å². The minimum atomic E-state index is -0.832. The van der Waals surface area contributed by atoms with Gasteiger partial charge in [-0.1, -0.05) is 48.5 Å². The van der Waals surface area contributed by atoms with Gasteiger partial charge in [-0.25, -0.2) is 0 Å². The van der Waals surface area contributed by atoms with Crippen LogP contribution in [-0.4, -0.2) is 24.9 Å². The van der Waals surface area contributed by atoms with Crippen LogP contribution in [0.2, 0.25) is 0 Å². The lowest BCUT2D eigenvalue weighted by atomic mass is 9.71. The number of aliphatic imine (C=N–C) groups is 4. The molecule has 2 aromatic rings. The number of hydrogen-bond acceptors (Lipinski definition) is 4. The molecule has 0 unspecified atom stereocenters. The number of nitrogens with zero attached hydrogens (tertiary/aromatic N) is 4. The maximum atomic E-state index is 4.73. The molecule has 2 spiro atoms. The first-order chi connectivity index (χ1) is 10.9. The van der Waals surface area contributed by atoms with Crippen molar-refractivity contribution in [2.45, 2.75) is 11.3 Å². The minimum absolute atomic E-state index is 0.832. The molecule has 3 aliphatic rings. The molecule has 0 aromatic heterocycles. The van der Waals surface area contributed by atoms with Crippen LogP contribution in [0.5, 0.6) is 0 Å². The van der Waals surface area contributed by atoms with Gasteiger partial charge in [0.25, 0.3) is 0 Å². The van der Waals surface area contributed by atoms with Crippen molar-refractivity contribution in [1.29, 1.82) is 0 Å². The first-order valence-corrected chi connectivity index (χ1v) is 7.25. The van der Waals surface area contributed by atoms with Gasteiger partial charge < -0.3 is 0 Å². The van der Waals surface area contributed by atoms with Gasteiger partial charge >= 0.3 is 0 Å². The minimum Gasteiger partial charge on any atom is -0.252 e. The van der Waals surface area contributed by atoms with E-state index in [1.165, 1.54) is 0 Å². The summed E-state index contributed by atoms with van der Waals surface area (Å²) in [5, 5.41) is 0. The number of hydrogen-bond donors (Lipinski definition) is 0. The van der Waals surface area contributed by atoms with Crippen LogP contribution >= 0.6 is 0 Å². The maximum Gasteiger partial charge on any atom is 0.225 e. The topological polar surface area (TPSA) is 49.4 Å². The maximum absolute atomic E-state index is 4.73. The van der Waals surface area contributed by atoms with E-state index < -0.39 is 11.3 Å². The van der Waals surface area contributed by atoms with E-state index >= 15 is 0 Å². The summed E-state index contributed by atoms with van der Waals surface area (Å²) >= 11 is 0. The van der Waals surface area contributed by atoms with Crippen LogP contribution in [0.4, 0.5) is 0 Å². The molecule has 0 N–H and O–H groups in total. The SMILES string of the molecule is C1=NC2(N=C1)c1ccccc1-c1ccccc1C21N=CC=N1. The third-order valence-electron chi connectivity index (χ3n) is 4.56. The molecule has 0 saturated heterocycles. The van der Waals surface area contributed by atoms with E-state index in [1.54, 1.807) is 24.9 Å². The number of benzene rings is 2.